The minimum Gasteiger partial charge on any atom is -0.374 e. The maximum absolute atomic E-state index is 6.01. The second-order valence-corrected chi connectivity index (χ2v) is 7.60. The molecule has 98 valence electrons. The fourth-order valence-electron chi connectivity index (χ4n) is 3.24. The summed E-state index contributed by atoms with van der Waals surface area (Å²) in [6.45, 7) is 8.14. The maximum Gasteiger partial charge on any atom is 0.504 e. The quantitative estimate of drug-likeness (QED) is 0.518. The Morgan fingerprint density at radius 1 is 0.941 bits per heavy atom. The number of fused-ring (bicyclic) bond motifs is 2. The smallest absolute Gasteiger partial charge is 0.374 e. The first kappa shape index (κ1) is 13.3. The third-order valence-electron chi connectivity index (χ3n) is 3.77. The molecule has 1 fully saturated rings. The Labute approximate surface area is 106 Å². The van der Waals surface area contributed by atoms with Crippen molar-refractivity contribution in [3.8, 4) is 0 Å². The van der Waals surface area contributed by atoms with Crippen molar-refractivity contribution in [3.05, 3.63) is 12.2 Å². The molecule has 2 aliphatic carbocycles. The van der Waals surface area contributed by atoms with Crippen molar-refractivity contribution < 1.29 is 13.3 Å². The van der Waals surface area contributed by atoms with E-state index in [4.69, 9.17) is 13.3 Å². The molecule has 0 spiro atoms. The highest BCUT2D eigenvalue weighted by atomic mass is 28.4. The summed E-state index contributed by atoms with van der Waals surface area (Å²) in [6.07, 6.45) is 7.15. The Kier molecular flexibility index (Phi) is 4.41. The van der Waals surface area contributed by atoms with E-state index in [1.165, 1.54) is 12.8 Å². The zero-order valence-electron chi connectivity index (χ0n) is 11.1. The molecule has 2 rings (SSSR count). The minimum atomic E-state index is -2.47. The largest absolute Gasteiger partial charge is 0.504 e. The van der Waals surface area contributed by atoms with Crippen molar-refractivity contribution in [2.24, 2.45) is 11.8 Å². The average molecular weight is 256 g/mol. The van der Waals surface area contributed by atoms with Crippen LogP contribution >= 0.6 is 0 Å². The molecule has 0 aliphatic heterocycles. The van der Waals surface area contributed by atoms with Gasteiger partial charge in [0.1, 0.15) is 0 Å². The van der Waals surface area contributed by atoms with Crippen molar-refractivity contribution in [2.75, 3.05) is 19.8 Å². The molecule has 0 saturated heterocycles. The lowest BCUT2D eigenvalue weighted by Crippen LogP contribution is -2.51. The molecule has 0 N–H and O–H groups in total. The van der Waals surface area contributed by atoms with Gasteiger partial charge in [-0.15, -0.1) is 0 Å². The van der Waals surface area contributed by atoms with Gasteiger partial charge in [-0.2, -0.15) is 0 Å². The fraction of sp³-hybridized carbons (Fsp3) is 0.846. The van der Waals surface area contributed by atoms with E-state index in [2.05, 4.69) is 12.2 Å². The van der Waals surface area contributed by atoms with Crippen LogP contribution in [0.5, 0.6) is 0 Å². The highest BCUT2D eigenvalue weighted by Gasteiger charge is 2.56. The Balaban J connectivity index is 2.15. The van der Waals surface area contributed by atoms with E-state index in [1.807, 2.05) is 20.8 Å². The minimum absolute atomic E-state index is 0.484. The van der Waals surface area contributed by atoms with Crippen LogP contribution in [0.25, 0.3) is 0 Å². The Morgan fingerprint density at radius 2 is 1.53 bits per heavy atom. The molecular weight excluding hydrogens is 232 g/mol. The first-order chi connectivity index (χ1) is 8.25. The molecule has 0 amide bonds. The van der Waals surface area contributed by atoms with Crippen LogP contribution in [0.2, 0.25) is 5.54 Å². The monoisotopic (exact) mass is 256 g/mol. The van der Waals surface area contributed by atoms with Crippen LogP contribution in [0.15, 0.2) is 12.2 Å². The van der Waals surface area contributed by atoms with Crippen molar-refractivity contribution >= 4 is 8.80 Å². The van der Waals surface area contributed by atoms with Crippen molar-refractivity contribution in [1.82, 2.24) is 0 Å². The number of hydrogen-bond acceptors (Lipinski definition) is 3. The van der Waals surface area contributed by atoms with Crippen molar-refractivity contribution in [1.29, 1.82) is 0 Å². The second-order valence-electron chi connectivity index (χ2n) is 4.79. The van der Waals surface area contributed by atoms with Crippen LogP contribution in [0.1, 0.15) is 33.6 Å². The van der Waals surface area contributed by atoms with Gasteiger partial charge in [0, 0.05) is 25.4 Å². The van der Waals surface area contributed by atoms with Gasteiger partial charge in [-0.3, -0.25) is 0 Å². The molecule has 0 unspecified atom stereocenters. The van der Waals surface area contributed by atoms with E-state index >= 15 is 0 Å². The molecule has 3 atom stereocenters. The third-order valence-corrected chi connectivity index (χ3v) is 7.41. The van der Waals surface area contributed by atoms with E-state index < -0.39 is 8.80 Å². The van der Waals surface area contributed by atoms with Gasteiger partial charge < -0.3 is 13.3 Å². The summed E-state index contributed by atoms with van der Waals surface area (Å²) in [5.74, 6) is 1.36. The maximum atomic E-state index is 6.01. The molecule has 0 aromatic rings. The van der Waals surface area contributed by atoms with Gasteiger partial charge >= 0.3 is 8.80 Å². The molecule has 17 heavy (non-hydrogen) atoms. The van der Waals surface area contributed by atoms with E-state index in [-0.39, 0.29) is 0 Å². The zero-order valence-corrected chi connectivity index (χ0v) is 12.1. The topological polar surface area (TPSA) is 27.7 Å². The summed E-state index contributed by atoms with van der Waals surface area (Å²) >= 11 is 0. The molecule has 2 bridgehead atoms. The second kappa shape index (κ2) is 5.65. The normalized spacial score (nSPS) is 31.4. The average Bonchev–Trinajstić information content (AvgIpc) is 2.91. The number of allylic oxidation sites excluding steroid dienone is 2. The summed E-state index contributed by atoms with van der Waals surface area (Å²) in [5.41, 5.74) is 0.484. The molecule has 3 nitrogen and oxygen atoms in total. The predicted octanol–water partition coefficient (Wildman–Crippen LogP) is 3.00. The van der Waals surface area contributed by atoms with Crippen molar-refractivity contribution in [2.45, 2.75) is 39.2 Å². The van der Waals surface area contributed by atoms with Crippen LogP contribution in [-0.2, 0) is 13.3 Å². The fourth-order valence-corrected chi connectivity index (χ4v) is 6.70. The lowest BCUT2D eigenvalue weighted by Gasteiger charge is -2.36. The molecule has 0 aromatic heterocycles. The number of hydrogen-bond donors (Lipinski definition) is 0. The SMILES string of the molecule is CCO[Si](OCC)(OCC)[C@H]1C[C@H]2C=C[C@H]1C2. The Hall–Kier alpha value is -0.163. The van der Waals surface area contributed by atoms with Gasteiger partial charge in [-0.05, 0) is 45.4 Å². The van der Waals surface area contributed by atoms with E-state index in [9.17, 15) is 0 Å². The molecule has 0 aromatic carbocycles. The molecule has 4 heteroatoms. The Morgan fingerprint density at radius 3 is 1.88 bits per heavy atom. The third kappa shape index (κ3) is 2.50. The van der Waals surface area contributed by atoms with Crippen LogP contribution in [0, 0.1) is 11.8 Å². The predicted molar refractivity (Wildman–Crippen MR) is 69.7 cm³/mol. The van der Waals surface area contributed by atoms with Crippen LogP contribution in [-0.4, -0.2) is 28.6 Å². The van der Waals surface area contributed by atoms with Crippen LogP contribution in [0.4, 0.5) is 0 Å². The first-order valence-electron chi connectivity index (χ1n) is 6.85. The van der Waals surface area contributed by atoms with Crippen LogP contribution in [0.3, 0.4) is 0 Å². The standard InChI is InChI=1S/C13H24O3Si/c1-4-14-17(15-5-2,16-6-3)13-10-11-7-8-12(13)9-11/h7-8,11-13H,4-6,9-10H2,1-3H3/t11-,12-,13-/m0/s1. The summed E-state index contributed by atoms with van der Waals surface area (Å²) < 4.78 is 18.0. The highest BCUT2D eigenvalue weighted by Crippen LogP contribution is 2.52. The Bertz CT molecular complexity index is 263. The first-order valence-corrected chi connectivity index (χ1v) is 8.66. The molecule has 1 saturated carbocycles. The summed E-state index contributed by atoms with van der Waals surface area (Å²) in [4.78, 5) is 0. The van der Waals surface area contributed by atoms with Crippen molar-refractivity contribution in [3.63, 3.8) is 0 Å². The lowest BCUT2D eigenvalue weighted by molar-refractivity contribution is 0.0578. The summed E-state index contributed by atoms with van der Waals surface area (Å²) in [5, 5.41) is 0. The van der Waals surface area contributed by atoms with Gasteiger partial charge in [-0.25, -0.2) is 0 Å². The van der Waals surface area contributed by atoms with Gasteiger partial charge in [0.15, 0.2) is 0 Å². The van der Waals surface area contributed by atoms with Gasteiger partial charge in [-0.1, -0.05) is 12.2 Å². The van der Waals surface area contributed by atoms with E-state index in [1.54, 1.807) is 0 Å². The molecule has 2 aliphatic rings. The summed E-state index contributed by atoms with van der Waals surface area (Å²) in [7, 11) is -2.47. The molecular formula is C13H24O3Si. The zero-order chi connectivity index (χ0) is 12.3. The highest BCUT2D eigenvalue weighted by molar-refractivity contribution is 6.62. The van der Waals surface area contributed by atoms with E-state index in [0.29, 0.717) is 31.3 Å². The van der Waals surface area contributed by atoms with Crippen LogP contribution < -0.4 is 0 Å². The van der Waals surface area contributed by atoms with E-state index in [0.717, 1.165) is 5.92 Å². The number of rotatable bonds is 7. The lowest BCUT2D eigenvalue weighted by atomic mass is 10.1. The molecule has 0 heterocycles. The van der Waals surface area contributed by atoms with Gasteiger partial charge in [0.25, 0.3) is 0 Å². The van der Waals surface area contributed by atoms with Gasteiger partial charge in [0.05, 0.1) is 0 Å². The molecule has 0 radical (unpaired) electrons. The van der Waals surface area contributed by atoms with Gasteiger partial charge in [0.2, 0.25) is 0 Å². The summed E-state index contributed by atoms with van der Waals surface area (Å²) in [6, 6.07) is 0.